The number of carbonyl (C=O) groups is 1. The molecule has 1 aliphatic rings. The number of hydrogen-bond acceptors (Lipinski definition) is 4. The van der Waals surface area contributed by atoms with Crippen LogP contribution in [0.3, 0.4) is 0 Å². The first-order valence-electron chi connectivity index (χ1n) is 10.5. The van der Waals surface area contributed by atoms with Gasteiger partial charge in [-0.1, -0.05) is 31.2 Å². The summed E-state index contributed by atoms with van der Waals surface area (Å²) in [4.78, 5) is 24.2. The SMILES string of the molecule is CCc1cccc(-c2ccc3c(n2)N(C(=O)Nc2ccccn2)[C@H](C)CCCN3)c1. The number of fused-ring (bicyclic) bond motifs is 1. The molecule has 0 saturated carbocycles. The summed E-state index contributed by atoms with van der Waals surface area (Å²) < 4.78 is 0. The predicted octanol–water partition coefficient (Wildman–Crippen LogP) is 5.34. The Morgan fingerprint density at radius 3 is 2.90 bits per heavy atom. The van der Waals surface area contributed by atoms with Gasteiger partial charge in [-0.15, -0.1) is 0 Å². The molecule has 2 aromatic heterocycles. The van der Waals surface area contributed by atoms with E-state index in [2.05, 4.69) is 53.7 Å². The number of amides is 2. The average Bonchev–Trinajstić information content (AvgIpc) is 2.77. The van der Waals surface area contributed by atoms with E-state index in [4.69, 9.17) is 4.98 Å². The zero-order valence-corrected chi connectivity index (χ0v) is 17.4. The molecule has 1 atom stereocenters. The van der Waals surface area contributed by atoms with Gasteiger partial charge in [0, 0.05) is 24.3 Å². The van der Waals surface area contributed by atoms with Gasteiger partial charge in [-0.2, -0.15) is 0 Å². The highest BCUT2D eigenvalue weighted by molar-refractivity contribution is 6.03. The number of pyridine rings is 2. The van der Waals surface area contributed by atoms with Crippen LogP contribution < -0.4 is 15.5 Å². The molecule has 0 fully saturated rings. The van der Waals surface area contributed by atoms with E-state index in [1.54, 1.807) is 17.2 Å². The minimum Gasteiger partial charge on any atom is -0.382 e. The smallest absolute Gasteiger partial charge is 0.328 e. The fraction of sp³-hybridized carbons (Fsp3) is 0.292. The van der Waals surface area contributed by atoms with Crippen LogP contribution in [0.4, 0.5) is 22.1 Å². The van der Waals surface area contributed by atoms with Crippen molar-refractivity contribution in [2.45, 2.75) is 39.2 Å². The number of rotatable bonds is 3. The average molecular weight is 402 g/mol. The maximum atomic E-state index is 13.3. The van der Waals surface area contributed by atoms with Crippen molar-refractivity contribution in [1.29, 1.82) is 0 Å². The first-order valence-corrected chi connectivity index (χ1v) is 10.5. The van der Waals surface area contributed by atoms with E-state index < -0.39 is 0 Å². The number of nitrogens with one attached hydrogen (secondary N) is 2. The fourth-order valence-electron chi connectivity index (χ4n) is 3.74. The Morgan fingerprint density at radius 1 is 1.20 bits per heavy atom. The molecule has 6 heteroatoms. The van der Waals surface area contributed by atoms with Gasteiger partial charge in [0.25, 0.3) is 0 Å². The number of benzene rings is 1. The molecule has 0 aliphatic carbocycles. The van der Waals surface area contributed by atoms with Gasteiger partial charge in [0.05, 0.1) is 11.4 Å². The molecule has 30 heavy (non-hydrogen) atoms. The van der Waals surface area contributed by atoms with Gasteiger partial charge in [0.15, 0.2) is 5.82 Å². The molecule has 0 spiro atoms. The van der Waals surface area contributed by atoms with Crippen LogP contribution >= 0.6 is 0 Å². The maximum absolute atomic E-state index is 13.3. The number of nitrogens with zero attached hydrogens (tertiary/aromatic N) is 3. The Morgan fingerprint density at radius 2 is 2.10 bits per heavy atom. The molecule has 2 amide bonds. The molecule has 2 N–H and O–H groups in total. The normalized spacial score (nSPS) is 16.1. The Kier molecular flexibility index (Phi) is 5.93. The van der Waals surface area contributed by atoms with E-state index in [-0.39, 0.29) is 12.1 Å². The lowest BCUT2D eigenvalue weighted by atomic mass is 10.0. The van der Waals surface area contributed by atoms with Gasteiger partial charge in [0.1, 0.15) is 5.82 Å². The van der Waals surface area contributed by atoms with Crippen molar-refractivity contribution in [2.75, 3.05) is 22.1 Å². The molecule has 0 saturated heterocycles. The molecule has 0 unspecified atom stereocenters. The van der Waals surface area contributed by atoms with Crippen LogP contribution in [0.25, 0.3) is 11.3 Å². The largest absolute Gasteiger partial charge is 0.382 e. The van der Waals surface area contributed by atoms with Gasteiger partial charge in [-0.3, -0.25) is 10.2 Å². The summed E-state index contributed by atoms with van der Waals surface area (Å²) in [5.41, 5.74) is 4.04. The third-order valence-corrected chi connectivity index (χ3v) is 5.41. The van der Waals surface area contributed by atoms with Gasteiger partial charge < -0.3 is 5.32 Å². The van der Waals surface area contributed by atoms with Crippen LogP contribution in [0.2, 0.25) is 0 Å². The van der Waals surface area contributed by atoms with Crippen molar-refractivity contribution in [1.82, 2.24) is 9.97 Å². The highest BCUT2D eigenvalue weighted by Crippen LogP contribution is 2.32. The predicted molar refractivity (Wildman–Crippen MR) is 122 cm³/mol. The van der Waals surface area contributed by atoms with Crippen molar-refractivity contribution in [3.63, 3.8) is 0 Å². The number of hydrogen-bond donors (Lipinski definition) is 2. The zero-order chi connectivity index (χ0) is 20.9. The highest BCUT2D eigenvalue weighted by Gasteiger charge is 2.28. The molecule has 6 nitrogen and oxygen atoms in total. The standard InChI is InChI=1S/C24H27N5O/c1-3-18-9-6-10-19(16-18)20-12-13-21-23(27-20)29(17(2)8-7-15-25-21)24(30)28-22-11-4-5-14-26-22/h4-6,9-14,16-17,25H,3,7-8,15H2,1-2H3,(H,26,28,30)/t17-/m1/s1. The molecule has 4 rings (SSSR count). The van der Waals surface area contributed by atoms with Crippen molar-refractivity contribution in [3.05, 3.63) is 66.4 Å². The Labute approximate surface area is 177 Å². The molecule has 3 heterocycles. The topological polar surface area (TPSA) is 70.2 Å². The van der Waals surface area contributed by atoms with Crippen LogP contribution in [0.1, 0.15) is 32.3 Å². The molecular weight excluding hydrogens is 374 g/mol. The van der Waals surface area contributed by atoms with Crippen LogP contribution in [0, 0.1) is 0 Å². The second-order valence-corrected chi connectivity index (χ2v) is 7.55. The van der Waals surface area contributed by atoms with Gasteiger partial charge >= 0.3 is 6.03 Å². The maximum Gasteiger partial charge on any atom is 0.328 e. The Bertz CT molecular complexity index is 1020. The van der Waals surface area contributed by atoms with Crippen molar-refractivity contribution < 1.29 is 4.79 Å². The van der Waals surface area contributed by atoms with E-state index in [0.717, 1.165) is 42.8 Å². The number of aromatic nitrogens is 2. The number of anilines is 3. The summed E-state index contributed by atoms with van der Waals surface area (Å²) in [7, 11) is 0. The lowest BCUT2D eigenvalue weighted by Gasteiger charge is -2.32. The third kappa shape index (κ3) is 4.27. The molecule has 1 aromatic carbocycles. The molecule has 0 radical (unpaired) electrons. The molecule has 1 aliphatic heterocycles. The number of carbonyl (C=O) groups excluding carboxylic acids is 1. The van der Waals surface area contributed by atoms with Gasteiger partial charge in [-0.25, -0.2) is 14.8 Å². The van der Waals surface area contributed by atoms with E-state index in [0.29, 0.717) is 11.6 Å². The van der Waals surface area contributed by atoms with E-state index in [9.17, 15) is 4.79 Å². The van der Waals surface area contributed by atoms with E-state index in [1.165, 1.54) is 5.56 Å². The monoisotopic (exact) mass is 401 g/mol. The van der Waals surface area contributed by atoms with E-state index in [1.807, 2.05) is 24.3 Å². The third-order valence-electron chi connectivity index (χ3n) is 5.41. The number of aryl methyl sites for hydroxylation is 1. The van der Waals surface area contributed by atoms with Crippen molar-refractivity contribution in [2.24, 2.45) is 0 Å². The van der Waals surface area contributed by atoms with Gasteiger partial charge in [-0.05, 0) is 62.1 Å². The minimum absolute atomic E-state index is 0.0132. The van der Waals surface area contributed by atoms with Crippen LogP contribution in [-0.4, -0.2) is 28.6 Å². The summed E-state index contributed by atoms with van der Waals surface area (Å²) in [6.45, 7) is 5.07. The molecular formula is C24H27N5O. The first kappa shape index (κ1) is 19.9. The highest BCUT2D eigenvalue weighted by atomic mass is 16.2. The Balaban J connectivity index is 1.74. The summed E-state index contributed by atoms with van der Waals surface area (Å²) in [5, 5.41) is 6.35. The molecule has 154 valence electrons. The second-order valence-electron chi connectivity index (χ2n) is 7.55. The fourth-order valence-corrected chi connectivity index (χ4v) is 3.74. The van der Waals surface area contributed by atoms with Crippen LogP contribution in [0.5, 0.6) is 0 Å². The van der Waals surface area contributed by atoms with Gasteiger partial charge in [0.2, 0.25) is 0 Å². The first-order chi connectivity index (χ1) is 14.7. The minimum atomic E-state index is -0.224. The van der Waals surface area contributed by atoms with Crippen LogP contribution in [0.15, 0.2) is 60.8 Å². The summed E-state index contributed by atoms with van der Waals surface area (Å²) in [5.74, 6) is 1.17. The number of urea groups is 1. The van der Waals surface area contributed by atoms with Crippen LogP contribution in [-0.2, 0) is 6.42 Å². The summed E-state index contributed by atoms with van der Waals surface area (Å²) in [6, 6.07) is 17.7. The zero-order valence-electron chi connectivity index (χ0n) is 17.4. The van der Waals surface area contributed by atoms with Crippen molar-refractivity contribution in [3.8, 4) is 11.3 Å². The summed E-state index contributed by atoms with van der Waals surface area (Å²) in [6.07, 6.45) is 4.50. The second kappa shape index (κ2) is 8.95. The summed E-state index contributed by atoms with van der Waals surface area (Å²) >= 11 is 0. The quantitative estimate of drug-likeness (QED) is 0.622. The molecule has 3 aromatic rings. The van der Waals surface area contributed by atoms with Crippen molar-refractivity contribution >= 4 is 23.4 Å². The lowest BCUT2D eigenvalue weighted by molar-refractivity contribution is 0.254. The Hall–Kier alpha value is -3.41. The lowest BCUT2D eigenvalue weighted by Crippen LogP contribution is -2.43. The van der Waals surface area contributed by atoms with E-state index >= 15 is 0 Å². The molecule has 0 bridgehead atoms.